The summed E-state index contributed by atoms with van der Waals surface area (Å²) in [4.78, 5) is 3.84. The Hall–Kier alpha value is -3.19. The largest absolute Gasteiger partial charge is 0.416 e. The predicted molar refractivity (Wildman–Crippen MR) is 129 cm³/mol. The zero-order valence-electron chi connectivity index (χ0n) is 21.4. The van der Waals surface area contributed by atoms with Crippen LogP contribution in [0.2, 0.25) is 0 Å². The summed E-state index contributed by atoms with van der Waals surface area (Å²) < 4.78 is 100. The number of hydrogen-bond acceptors (Lipinski definition) is 5. The fourth-order valence-corrected chi connectivity index (χ4v) is 4.90. The fraction of sp³-hybridized carbons (Fsp3) is 0.462. The van der Waals surface area contributed by atoms with Gasteiger partial charge in [-0.15, -0.1) is 5.10 Å². The molecular formula is C26H28F7N5O. The molecule has 1 aromatic heterocycles. The van der Waals surface area contributed by atoms with E-state index < -0.39 is 47.4 Å². The maximum Gasteiger partial charge on any atom is 0.416 e. The number of hydrogen-bond donors (Lipinski definition) is 1. The molecule has 3 aromatic rings. The molecule has 0 aliphatic carbocycles. The smallest absolute Gasteiger partial charge is 0.375 e. The highest BCUT2D eigenvalue weighted by Crippen LogP contribution is 2.41. The second-order valence-electron chi connectivity index (χ2n) is 9.84. The van der Waals surface area contributed by atoms with Crippen molar-refractivity contribution in [1.29, 1.82) is 0 Å². The lowest BCUT2D eigenvalue weighted by molar-refractivity contribution is -0.143. The Labute approximate surface area is 220 Å². The van der Waals surface area contributed by atoms with Crippen LogP contribution in [0.15, 0.2) is 42.5 Å². The first kappa shape index (κ1) is 28.8. The van der Waals surface area contributed by atoms with Crippen LogP contribution in [0.25, 0.3) is 0 Å². The summed E-state index contributed by atoms with van der Waals surface area (Å²) in [6.07, 6.45) is -10.4. The van der Waals surface area contributed by atoms with E-state index in [-0.39, 0.29) is 24.7 Å². The summed E-state index contributed by atoms with van der Waals surface area (Å²) in [5.41, 5.74) is -1.47. The van der Waals surface area contributed by atoms with Gasteiger partial charge in [0.25, 0.3) is 0 Å². The maximum atomic E-state index is 13.7. The summed E-state index contributed by atoms with van der Waals surface area (Å²) >= 11 is 0. The minimum Gasteiger partial charge on any atom is -0.375 e. The Balaban J connectivity index is 1.67. The summed E-state index contributed by atoms with van der Waals surface area (Å²) in [5, 5.41) is 11.0. The Bertz CT molecular complexity index is 1220. The van der Waals surface area contributed by atoms with Crippen LogP contribution in [-0.2, 0) is 23.6 Å². The maximum absolute atomic E-state index is 13.7. The zero-order chi connectivity index (χ0) is 28.5. The first-order valence-corrected chi connectivity index (χ1v) is 12.2. The van der Waals surface area contributed by atoms with Gasteiger partial charge in [0.05, 0.1) is 29.9 Å². The minimum atomic E-state index is -4.94. The van der Waals surface area contributed by atoms with Crippen molar-refractivity contribution in [2.45, 2.75) is 50.3 Å². The van der Waals surface area contributed by atoms with Gasteiger partial charge in [-0.25, -0.2) is 4.39 Å². The molecule has 0 saturated carbocycles. The normalized spacial score (nSPS) is 19.7. The van der Waals surface area contributed by atoms with E-state index in [1.807, 2.05) is 19.0 Å². The van der Waals surface area contributed by atoms with E-state index in [1.54, 1.807) is 24.0 Å². The van der Waals surface area contributed by atoms with Crippen LogP contribution in [0.1, 0.15) is 53.3 Å². The molecule has 0 bridgehead atoms. The van der Waals surface area contributed by atoms with Crippen LogP contribution in [0.4, 0.5) is 36.6 Å². The van der Waals surface area contributed by atoms with Crippen molar-refractivity contribution in [3.8, 4) is 0 Å². The van der Waals surface area contributed by atoms with Crippen molar-refractivity contribution in [2.24, 2.45) is 0 Å². The van der Waals surface area contributed by atoms with Gasteiger partial charge in [0.2, 0.25) is 0 Å². The van der Waals surface area contributed by atoms with E-state index in [2.05, 4.69) is 15.4 Å². The number of aromatic nitrogens is 3. The lowest BCUT2D eigenvalue weighted by Gasteiger charge is -2.42. The third-order valence-corrected chi connectivity index (χ3v) is 6.81. The Morgan fingerprint density at radius 2 is 1.62 bits per heavy atom. The van der Waals surface area contributed by atoms with Crippen LogP contribution >= 0.6 is 0 Å². The van der Waals surface area contributed by atoms with Crippen LogP contribution in [0.5, 0.6) is 0 Å². The number of morpholine rings is 1. The van der Waals surface area contributed by atoms with Gasteiger partial charge in [-0.3, -0.25) is 4.90 Å². The number of rotatable bonds is 7. The van der Waals surface area contributed by atoms with Crippen molar-refractivity contribution in [2.75, 3.05) is 32.1 Å². The third-order valence-electron chi connectivity index (χ3n) is 6.81. The number of nitrogens with zero attached hydrogens (tertiary/aromatic N) is 4. The van der Waals surface area contributed by atoms with Crippen LogP contribution in [-0.4, -0.2) is 53.7 Å². The van der Waals surface area contributed by atoms with E-state index in [0.717, 1.165) is 12.1 Å². The van der Waals surface area contributed by atoms with Gasteiger partial charge in [0.1, 0.15) is 11.5 Å². The topological polar surface area (TPSA) is 57.3 Å². The number of alkyl halides is 6. The van der Waals surface area contributed by atoms with E-state index in [0.29, 0.717) is 30.2 Å². The van der Waals surface area contributed by atoms with Crippen molar-refractivity contribution in [3.05, 3.63) is 76.2 Å². The molecule has 2 heterocycles. The van der Waals surface area contributed by atoms with Gasteiger partial charge in [-0.05, 0) is 53.8 Å². The predicted octanol–water partition coefficient (Wildman–Crippen LogP) is 6.18. The monoisotopic (exact) mass is 559 g/mol. The highest BCUT2D eigenvalue weighted by atomic mass is 19.4. The molecule has 1 aliphatic heterocycles. The third kappa shape index (κ3) is 6.70. The summed E-state index contributed by atoms with van der Waals surface area (Å²) in [5.74, 6) is -0.541. The lowest BCUT2D eigenvalue weighted by atomic mass is 9.86. The van der Waals surface area contributed by atoms with Crippen molar-refractivity contribution in [3.63, 3.8) is 0 Å². The minimum absolute atomic E-state index is 0.0953. The zero-order valence-corrected chi connectivity index (χ0v) is 21.4. The number of H-pyrrole nitrogens is 1. The number of halogens is 7. The first-order valence-electron chi connectivity index (χ1n) is 12.2. The number of aromatic amines is 1. The van der Waals surface area contributed by atoms with Gasteiger partial charge in [-0.2, -0.15) is 36.7 Å². The summed E-state index contributed by atoms with van der Waals surface area (Å²) in [6.45, 7) is 2.65. The number of benzene rings is 2. The van der Waals surface area contributed by atoms with Crippen molar-refractivity contribution in [1.82, 2.24) is 20.3 Å². The standard InChI is InChI=1S/C26H28F7N5O/c1-15(17-11-18(25(28,29)30)13-19(12-17)26(31,32)33)10-22-23(16-4-6-20(27)7-5-16)38(8-9-39-22)14-21-24(37(2)3)35-36-34-21/h4-7,11-13,15,22-23H,8-10,14H2,1-3H3,(H,34,35,36)/t15-,22+,23-/m0/s1. The quantitative estimate of drug-likeness (QED) is 0.351. The van der Waals surface area contributed by atoms with Gasteiger partial charge in [0.15, 0.2) is 5.82 Å². The Morgan fingerprint density at radius 1 is 1.00 bits per heavy atom. The molecule has 0 unspecified atom stereocenters. The second kappa shape index (κ2) is 11.1. The number of anilines is 1. The summed E-state index contributed by atoms with van der Waals surface area (Å²) in [6, 6.07) is 6.96. The van der Waals surface area contributed by atoms with E-state index in [4.69, 9.17) is 4.74 Å². The lowest BCUT2D eigenvalue weighted by Crippen LogP contribution is -2.45. The average Bonchev–Trinajstić information content (AvgIpc) is 3.32. The first-order chi connectivity index (χ1) is 18.2. The molecule has 3 atom stereocenters. The second-order valence-corrected chi connectivity index (χ2v) is 9.84. The van der Waals surface area contributed by atoms with E-state index in [1.165, 1.54) is 12.1 Å². The highest BCUT2D eigenvalue weighted by Gasteiger charge is 2.39. The molecule has 1 fully saturated rings. The number of nitrogens with one attached hydrogen (secondary N) is 1. The summed E-state index contributed by atoms with van der Waals surface area (Å²) in [7, 11) is 3.62. The van der Waals surface area contributed by atoms with Crippen LogP contribution in [0, 0.1) is 5.82 Å². The Morgan fingerprint density at radius 3 is 2.18 bits per heavy atom. The molecule has 39 heavy (non-hydrogen) atoms. The van der Waals surface area contributed by atoms with Crippen LogP contribution in [0.3, 0.4) is 0 Å². The SMILES string of the molecule is C[C@@H](C[C@H]1OCCN(Cc2n[nH]nc2N(C)C)[C@H]1c1ccc(F)cc1)c1cc(C(F)(F)F)cc(C(F)(F)F)c1. The molecule has 1 saturated heterocycles. The molecule has 13 heteroatoms. The molecule has 212 valence electrons. The van der Waals surface area contributed by atoms with Gasteiger partial charge < -0.3 is 9.64 Å². The van der Waals surface area contributed by atoms with E-state index >= 15 is 0 Å². The molecule has 0 spiro atoms. The molecule has 0 amide bonds. The van der Waals surface area contributed by atoms with Gasteiger partial charge in [-0.1, -0.05) is 19.1 Å². The highest BCUT2D eigenvalue weighted by molar-refractivity contribution is 5.40. The van der Waals surface area contributed by atoms with Gasteiger partial charge in [0, 0.05) is 27.2 Å². The molecule has 1 N–H and O–H groups in total. The van der Waals surface area contributed by atoms with Crippen molar-refractivity contribution < 1.29 is 35.5 Å². The van der Waals surface area contributed by atoms with Crippen LogP contribution < -0.4 is 4.90 Å². The molecule has 1 aliphatic rings. The van der Waals surface area contributed by atoms with Crippen molar-refractivity contribution >= 4 is 5.82 Å². The molecule has 0 radical (unpaired) electrons. The molecular weight excluding hydrogens is 531 g/mol. The van der Waals surface area contributed by atoms with Gasteiger partial charge >= 0.3 is 12.4 Å². The number of ether oxygens (including phenoxy) is 1. The van der Waals surface area contributed by atoms with E-state index in [9.17, 15) is 30.7 Å². The Kier molecular flexibility index (Phi) is 8.22. The fourth-order valence-electron chi connectivity index (χ4n) is 4.90. The molecule has 6 nitrogen and oxygen atoms in total. The average molecular weight is 560 g/mol. The molecule has 2 aromatic carbocycles. The molecule has 4 rings (SSSR count).